The number of nitrogens with zero attached hydrogens (tertiary/aromatic N) is 3. The summed E-state index contributed by atoms with van der Waals surface area (Å²) >= 11 is 0. The van der Waals surface area contributed by atoms with Crippen molar-refractivity contribution in [3.05, 3.63) is 12.2 Å². The lowest BCUT2D eigenvalue weighted by molar-refractivity contribution is 0.152. The molecule has 2 unspecified atom stereocenters. The number of aromatic nitrogens is 4. The van der Waals surface area contributed by atoms with Crippen LogP contribution in [0.15, 0.2) is 6.33 Å². The zero-order valence-electron chi connectivity index (χ0n) is 12.1. The van der Waals surface area contributed by atoms with Crippen LogP contribution in [0.25, 0.3) is 11.2 Å². The predicted molar refractivity (Wildman–Crippen MR) is 79.3 cm³/mol. The molecule has 110 valence electrons. The molecule has 0 radical (unpaired) electrons. The van der Waals surface area contributed by atoms with Crippen LogP contribution in [0.5, 0.6) is 0 Å². The van der Waals surface area contributed by atoms with Crippen molar-refractivity contribution in [1.82, 2.24) is 19.9 Å². The van der Waals surface area contributed by atoms with Crippen LogP contribution in [0, 0.1) is 0 Å². The molecule has 6 nitrogen and oxygen atoms in total. The van der Waals surface area contributed by atoms with Crippen LogP contribution in [0.2, 0.25) is 0 Å². The summed E-state index contributed by atoms with van der Waals surface area (Å²) in [6.07, 6.45) is 6.57. The molecule has 0 aliphatic heterocycles. The predicted octanol–water partition coefficient (Wildman–Crippen LogP) is 2.37. The summed E-state index contributed by atoms with van der Waals surface area (Å²) in [5, 5.41) is 9.99. The normalized spacial score (nSPS) is 14.6. The van der Waals surface area contributed by atoms with E-state index in [0.29, 0.717) is 22.8 Å². The quantitative estimate of drug-likeness (QED) is 0.674. The highest BCUT2D eigenvalue weighted by Gasteiger charge is 2.21. The van der Waals surface area contributed by atoms with Crippen LogP contribution in [-0.2, 0) is 0 Å². The molecule has 0 saturated carbocycles. The molecular formula is C14H23N5O. The minimum Gasteiger partial charge on any atom is -0.393 e. The van der Waals surface area contributed by atoms with Gasteiger partial charge in [0.15, 0.2) is 11.5 Å². The Hall–Kier alpha value is -1.69. The van der Waals surface area contributed by atoms with Gasteiger partial charge in [0.05, 0.1) is 12.4 Å². The summed E-state index contributed by atoms with van der Waals surface area (Å²) in [5.74, 6) is 0.894. The second-order valence-corrected chi connectivity index (χ2v) is 5.26. The largest absolute Gasteiger partial charge is 0.393 e. The zero-order valence-corrected chi connectivity index (χ0v) is 12.1. The Kier molecular flexibility index (Phi) is 4.89. The lowest BCUT2D eigenvalue weighted by Gasteiger charge is -2.18. The summed E-state index contributed by atoms with van der Waals surface area (Å²) in [7, 11) is 0. The molecule has 20 heavy (non-hydrogen) atoms. The summed E-state index contributed by atoms with van der Waals surface area (Å²) in [4.78, 5) is 15.8. The molecule has 0 saturated heterocycles. The number of rotatable bonds is 7. The van der Waals surface area contributed by atoms with Crippen LogP contribution >= 0.6 is 0 Å². The van der Waals surface area contributed by atoms with Crippen molar-refractivity contribution in [3.8, 4) is 0 Å². The number of anilines is 1. The van der Waals surface area contributed by atoms with Gasteiger partial charge in [-0.1, -0.05) is 32.6 Å². The van der Waals surface area contributed by atoms with E-state index in [1.54, 1.807) is 13.3 Å². The zero-order chi connectivity index (χ0) is 14.5. The third-order valence-electron chi connectivity index (χ3n) is 3.61. The van der Waals surface area contributed by atoms with Gasteiger partial charge in [0, 0.05) is 5.92 Å². The van der Waals surface area contributed by atoms with Gasteiger partial charge in [0.1, 0.15) is 11.3 Å². The van der Waals surface area contributed by atoms with E-state index in [0.717, 1.165) is 12.8 Å². The standard InChI is InChI=1S/C14H23N5O/c1-3-4-5-6-7-10(9(2)20)13-18-12(15)11-14(19-13)17-8-16-11/h8-10,20H,3-7H2,1-2H3,(H3,15,16,17,18,19). The third-order valence-corrected chi connectivity index (χ3v) is 3.61. The van der Waals surface area contributed by atoms with Gasteiger partial charge in [-0.2, -0.15) is 0 Å². The van der Waals surface area contributed by atoms with Gasteiger partial charge in [-0.05, 0) is 13.3 Å². The van der Waals surface area contributed by atoms with E-state index in [-0.39, 0.29) is 5.92 Å². The van der Waals surface area contributed by atoms with Crippen molar-refractivity contribution >= 4 is 17.0 Å². The maximum Gasteiger partial charge on any atom is 0.183 e. The van der Waals surface area contributed by atoms with Crippen LogP contribution in [0.3, 0.4) is 0 Å². The van der Waals surface area contributed by atoms with Crippen molar-refractivity contribution in [2.75, 3.05) is 5.73 Å². The third kappa shape index (κ3) is 3.25. The number of fused-ring (bicyclic) bond motifs is 1. The summed E-state index contributed by atoms with van der Waals surface area (Å²) in [6.45, 7) is 3.96. The molecule has 2 heterocycles. The lowest BCUT2D eigenvalue weighted by atomic mass is 9.95. The number of aliphatic hydroxyl groups excluding tert-OH is 1. The fourth-order valence-electron chi connectivity index (χ4n) is 2.42. The molecule has 0 fully saturated rings. The van der Waals surface area contributed by atoms with Gasteiger partial charge >= 0.3 is 0 Å². The fraction of sp³-hybridized carbons (Fsp3) is 0.643. The molecule has 0 amide bonds. The molecule has 0 aromatic carbocycles. The number of imidazole rings is 1. The number of unbranched alkanes of at least 4 members (excludes halogenated alkanes) is 3. The minimum atomic E-state index is -0.493. The topological polar surface area (TPSA) is 101 Å². The van der Waals surface area contributed by atoms with Gasteiger partial charge in [-0.25, -0.2) is 15.0 Å². The maximum absolute atomic E-state index is 9.99. The molecule has 2 rings (SSSR count). The number of nitrogens with two attached hydrogens (primary N) is 1. The first kappa shape index (κ1) is 14.7. The van der Waals surface area contributed by atoms with Gasteiger partial charge in [-0.15, -0.1) is 0 Å². The van der Waals surface area contributed by atoms with E-state index in [1.165, 1.54) is 19.3 Å². The highest BCUT2D eigenvalue weighted by Crippen LogP contribution is 2.26. The highest BCUT2D eigenvalue weighted by atomic mass is 16.3. The summed E-state index contributed by atoms with van der Waals surface area (Å²) < 4.78 is 0. The Morgan fingerprint density at radius 2 is 2.10 bits per heavy atom. The molecule has 2 atom stereocenters. The Balaban J connectivity index is 2.18. The molecule has 0 aliphatic rings. The van der Waals surface area contributed by atoms with Crippen molar-refractivity contribution in [1.29, 1.82) is 0 Å². The molecule has 6 heteroatoms. The number of aromatic amines is 1. The Bertz CT molecular complexity index is 551. The van der Waals surface area contributed by atoms with Crippen molar-refractivity contribution in [2.24, 2.45) is 0 Å². The molecule has 0 spiro atoms. The first-order valence-electron chi connectivity index (χ1n) is 7.28. The van der Waals surface area contributed by atoms with E-state index in [4.69, 9.17) is 5.73 Å². The van der Waals surface area contributed by atoms with E-state index < -0.39 is 6.10 Å². The number of hydrogen-bond acceptors (Lipinski definition) is 5. The Morgan fingerprint density at radius 1 is 1.30 bits per heavy atom. The number of hydrogen-bond donors (Lipinski definition) is 3. The van der Waals surface area contributed by atoms with Gasteiger partial charge < -0.3 is 15.8 Å². The SMILES string of the molecule is CCCCCCC(c1nc(N)c2[nH]cnc2n1)C(C)O. The van der Waals surface area contributed by atoms with Crippen LogP contribution < -0.4 is 5.73 Å². The molecule has 2 aromatic rings. The van der Waals surface area contributed by atoms with Crippen molar-refractivity contribution < 1.29 is 5.11 Å². The molecular weight excluding hydrogens is 254 g/mol. The first-order valence-corrected chi connectivity index (χ1v) is 7.28. The van der Waals surface area contributed by atoms with Crippen LogP contribution in [0.1, 0.15) is 57.7 Å². The number of nitrogens with one attached hydrogen (secondary N) is 1. The number of aliphatic hydroxyl groups is 1. The number of H-pyrrole nitrogens is 1. The number of nitrogen functional groups attached to an aromatic ring is 1. The van der Waals surface area contributed by atoms with E-state index >= 15 is 0 Å². The van der Waals surface area contributed by atoms with E-state index in [9.17, 15) is 5.11 Å². The summed E-state index contributed by atoms with van der Waals surface area (Å²) in [5.41, 5.74) is 7.13. The highest BCUT2D eigenvalue weighted by molar-refractivity contribution is 5.80. The lowest BCUT2D eigenvalue weighted by Crippen LogP contribution is -2.18. The maximum atomic E-state index is 9.99. The molecule has 4 N–H and O–H groups in total. The van der Waals surface area contributed by atoms with Crippen molar-refractivity contribution in [3.63, 3.8) is 0 Å². The van der Waals surface area contributed by atoms with E-state index in [1.807, 2.05) is 0 Å². The first-order chi connectivity index (χ1) is 9.63. The molecule has 2 aromatic heterocycles. The smallest absolute Gasteiger partial charge is 0.183 e. The summed E-state index contributed by atoms with van der Waals surface area (Å²) in [6, 6.07) is 0. The molecule has 0 bridgehead atoms. The second-order valence-electron chi connectivity index (χ2n) is 5.26. The van der Waals surface area contributed by atoms with Crippen molar-refractivity contribution in [2.45, 2.75) is 58.0 Å². The second kappa shape index (κ2) is 6.65. The minimum absolute atomic E-state index is 0.0877. The monoisotopic (exact) mass is 277 g/mol. The van der Waals surface area contributed by atoms with Gasteiger partial charge in [0.2, 0.25) is 0 Å². The molecule has 0 aliphatic carbocycles. The van der Waals surface area contributed by atoms with Crippen LogP contribution in [0.4, 0.5) is 5.82 Å². The average molecular weight is 277 g/mol. The average Bonchev–Trinajstić information content (AvgIpc) is 2.87. The van der Waals surface area contributed by atoms with Gasteiger partial charge in [-0.3, -0.25) is 0 Å². The fourth-order valence-corrected chi connectivity index (χ4v) is 2.42. The van der Waals surface area contributed by atoms with Crippen LogP contribution in [-0.4, -0.2) is 31.1 Å². The van der Waals surface area contributed by atoms with Gasteiger partial charge in [0.25, 0.3) is 0 Å². The Morgan fingerprint density at radius 3 is 2.80 bits per heavy atom. The van der Waals surface area contributed by atoms with E-state index in [2.05, 4.69) is 26.9 Å². The Labute approximate surface area is 118 Å².